The lowest BCUT2D eigenvalue weighted by molar-refractivity contribution is -0.154. The molecule has 1 aliphatic heterocycles. The molecule has 1 heterocycles. The zero-order valence-corrected chi connectivity index (χ0v) is 16.5. The lowest BCUT2D eigenvalue weighted by atomic mass is 9.83. The van der Waals surface area contributed by atoms with Crippen LogP contribution in [0.5, 0.6) is 5.75 Å². The number of piperidine rings is 1. The minimum atomic E-state index is -0.727. The van der Waals surface area contributed by atoms with Crippen molar-refractivity contribution in [3.63, 3.8) is 0 Å². The summed E-state index contributed by atoms with van der Waals surface area (Å²) >= 11 is 0. The first kappa shape index (κ1) is 20.4. The zero-order chi connectivity index (χ0) is 21.0. The van der Waals surface area contributed by atoms with Crippen molar-refractivity contribution in [2.45, 2.75) is 25.8 Å². The first-order valence-corrected chi connectivity index (χ1v) is 9.39. The van der Waals surface area contributed by atoms with Gasteiger partial charge in [0, 0.05) is 17.7 Å². The monoisotopic (exact) mass is 396 g/mol. The third kappa shape index (κ3) is 4.39. The number of hydrogen-bond donors (Lipinski definition) is 1. The van der Waals surface area contributed by atoms with E-state index in [4.69, 9.17) is 15.2 Å². The Hall–Kier alpha value is -3.35. The number of esters is 1. The Morgan fingerprint density at radius 2 is 1.83 bits per heavy atom. The summed E-state index contributed by atoms with van der Waals surface area (Å²) in [7, 11) is 1.54. The van der Waals surface area contributed by atoms with E-state index in [2.05, 4.69) is 0 Å². The fourth-order valence-corrected chi connectivity index (χ4v) is 3.66. The van der Waals surface area contributed by atoms with Crippen molar-refractivity contribution < 1.29 is 23.9 Å². The van der Waals surface area contributed by atoms with Crippen LogP contribution in [0.3, 0.4) is 0 Å². The minimum absolute atomic E-state index is 0.0938. The molecule has 7 heteroatoms. The lowest BCUT2D eigenvalue weighted by Crippen LogP contribution is -2.46. The largest absolute Gasteiger partial charge is 0.496 e. The Bertz CT molecular complexity index is 910. The SMILES string of the molecule is COc1ccccc1[C@H]1[C@H](C(=O)OCC(N)=O)CCC(=O)N1c1ccc(C)cc1. The molecule has 0 radical (unpaired) electrons. The maximum Gasteiger partial charge on any atom is 0.311 e. The number of para-hydroxylation sites is 1. The van der Waals surface area contributed by atoms with E-state index in [1.807, 2.05) is 49.4 Å². The zero-order valence-electron chi connectivity index (χ0n) is 16.5. The van der Waals surface area contributed by atoms with Crippen molar-refractivity contribution in [3.05, 3.63) is 59.7 Å². The van der Waals surface area contributed by atoms with E-state index < -0.39 is 30.4 Å². The highest BCUT2D eigenvalue weighted by Crippen LogP contribution is 2.43. The fraction of sp³-hybridized carbons (Fsp3) is 0.318. The highest BCUT2D eigenvalue weighted by atomic mass is 16.5. The average molecular weight is 396 g/mol. The maximum atomic E-state index is 13.0. The summed E-state index contributed by atoms with van der Waals surface area (Å²) in [6, 6.07) is 14.2. The molecule has 2 aromatic rings. The van der Waals surface area contributed by atoms with E-state index in [1.165, 1.54) is 0 Å². The van der Waals surface area contributed by atoms with Crippen LogP contribution in [0, 0.1) is 12.8 Å². The number of primary amides is 1. The molecule has 29 heavy (non-hydrogen) atoms. The van der Waals surface area contributed by atoms with Crippen LogP contribution in [-0.2, 0) is 19.1 Å². The molecule has 2 atom stereocenters. The smallest absolute Gasteiger partial charge is 0.311 e. The molecule has 2 N–H and O–H groups in total. The van der Waals surface area contributed by atoms with Gasteiger partial charge in [-0.3, -0.25) is 14.4 Å². The van der Waals surface area contributed by atoms with Gasteiger partial charge < -0.3 is 20.1 Å². The highest BCUT2D eigenvalue weighted by Gasteiger charge is 2.43. The van der Waals surface area contributed by atoms with Crippen molar-refractivity contribution >= 4 is 23.5 Å². The van der Waals surface area contributed by atoms with Gasteiger partial charge in [-0.1, -0.05) is 35.9 Å². The van der Waals surface area contributed by atoms with Gasteiger partial charge in [0.15, 0.2) is 6.61 Å². The van der Waals surface area contributed by atoms with Crippen LogP contribution in [0.2, 0.25) is 0 Å². The van der Waals surface area contributed by atoms with Crippen molar-refractivity contribution in [2.75, 3.05) is 18.6 Å². The molecule has 0 saturated carbocycles. The molecule has 0 spiro atoms. The number of nitrogens with two attached hydrogens (primary N) is 1. The number of methoxy groups -OCH3 is 1. The molecule has 3 rings (SSSR count). The number of aryl methyl sites for hydroxylation is 1. The third-order valence-electron chi connectivity index (χ3n) is 5.03. The van der Waals surface area contributed by atoms with Crippen molar-refractivity contribution in [1.29, 1.82) is 0 Å². The van der Waals surface area contributed by atoms with Crippen LogP contribution in [0.15, 0.2) is 48.5 Å². The van der Waals surface area contributed by atoms with Gasteiger partial charge in [0.05, 0.1) is 19.1 Å². The first-order valence-electron chi connectivity index (χ1n) is 9.39. The number of rotatable bonds is 6. The van der Waals surface area contributed by atoms with Crippen molar-refractivity contribution in [3.8, 4) is 5.75 Å². The van der Waals surface area contributed by atoms with Gasteiger partial charge in [0.2, 0.25) is 5.91 Å². The molecule has 0 bridgehead atoms. The Balaban J connectivity index is 2.08. The van der Waals surface area contributed by atoms with Crippen LogP contribution in [0.1, 0.15) is 30.0 Å². The standard InChI is InChI=1S/C22H24N2O5/c1-14-7-9-15(10-8-14)24-20(26)12-11-17(22(27)29-13-19(23)25)21(24)16-5-3-4-6-18(16)28-2/h3-10,17,21H,11-13H2,1-2H3,(H2,23,25)/t17-,21+/m1/s1. The van der Waals surface area contributed by atoms with Crippen molar-refractivity contribution in [1.82, 2.24) is 0 Å². The van der Waals surface area contributed by atoms with E-state index in [0.717, 1.165) is 5.56 Å². The number of carbonyl (C=O) groups is 3. The minimum Gasteiger partial charge on any atom is -0.496 e. The molecule has 2 aromatic carbocycles. The Labute approximate surface area is 169 Å². The van der Waals surface area contributed by atoms with Crippen molar-refractivity contribution in [2.24, 2.45) is 11.7 Å². The van der Waals surface area contributed by atoms with Gasteiger partial charge in [-0.15, -0.1) is 0 Å². The van der Waals surface area contributed by atoms with Gasteiger partial charge in [0.1, 0.15) is 5.75 Å². The van der Waals surface area contributed by atoms with Crippen LogP contribution < -0.4 is 15.4 Å². The molecule has 0 unspecified atom stereocenters. The lowest BCUT2D eigenvalue weighted by Gasteiger charge is -2.40. The summed E-state index contributed by atoms with van der Waals surface area (Å²) in [4.78, 5) is 38.5. The second kappa shape index (κ2) is 8.77. The van der Waals surface area contributed by atoms with E-state index in [0.29, 0.717) is 23.4 Å². The van der Waals surface area contributed by atoms with E-state index in [9.17, 15) is 14.4 Å². The van der Waals surface area contributed by atoms with E-state index in [-0.39, 0.29) is 12.3 Å². The number of carbonyl (C=O) groups excluding carboxylic acids is 3. The second-order valence-corrected chi connectivity index (χ2v) is 7.01. The number of nitrogens with zero attached hydrogens (tertiary/aromatic N) is 1. The Morgan fingerprint density at radius 3 is 2.48 bits per heavy atom. The van der Waals surface area contributed by atoms with Crippen LogP contribution >= 0.6 is 0 Å². The van der Waals surface area contributed by atoms with Gasteiger partial charge in [-0.25, -0.2) is 0 Å². The molecule has 0 aliphatic carbocycles. The van der Waals surface area contributed by atoms with Crippen LogP contribution in [0.4, 0.5) is 5.69 Å². The molecule has 152 valence electrons. The normalized spacial score (nSPS) is 19.0. The summed E-state index contributed by atoms with van der Waals surface area (Å²) in [6.45, 7) is 1.47. The predicted octanol–water partition coefficient (Wildman–Crippen LogP) is 2.52. The molecule has 0 aromatic heterocycles. The van der Waals surface area contributed by atoms with Crippen LogP contribution in [0.25, 0.3) is 0 Å². The quantitative estimate of drug-likeness (QED) is 0.757. The van der Waals surface area contributed by atoms with Gasteiger partial charge in [0.25, 0.3) is 5.91 Å². The Kier molecular flexibility index (Phi) is 6.16. The van der Waals surface area contributed by atoms with Crippen LogP contribution in [-0.4, -0.2) is 31.5 Å². The number of amides is 2. The molecular formula is C22H24N2O5. The Morgan fingerprint density at radius 1 is 1.14 bits per heavy atom. The number of anilines is 1. The highest BCUT2D eigenvalue weighted by molar-refractivity contribution is 5.97. The topological polar surface area (TPSA) is 98.9 Å². The molecule has 1 saturated heterocycles. The number of benzene rings is 2. The third-order valence-corrected chi connectivity index (χ3v) is 5.03. The summed E-state index contributed by atoms with van der Waals surface area (Å²) < 4.78 is 10.6. The average Bonchev–Trinajstić information content (AvgIpc) is 2.72. The first-order chi connectivity index (χ1) is 13.9. The molecule has 1 fully saturated rings. The maximum absolute atomic E-state index is 13.0. The predicted molar refractivity (Wildman–Crippen MR) is 107 cm³/mol. The summed E-state index contributed by atoms with van der Waals surface area (Å²) in [5.41, 5.74) is 7.56. The van der Waals surface area contributed by atoms with Gasteiger partial charge >= 0.3 is 5.97 Å². The molecule has 7 nitrogen and oxygen atoms in total. The van der Waals surface area contributed by atoms with Gasteiger partial charge in [-0.2, -0.15) is 0 Å². The summed E-state index contributed by atoms with van der Waals surface area (Å²) in [5.74, 6) is -1.48. The fourth-order valence-electron chi connectivity index (χ4n) is 3.66. The number of hydrogen-bond acceptors (Lipinski definition) is 5. The molecule has 2 amide bonds. The van der Waals surface area contributed by atoms with E-state index in [1.54, 1.807) is 18.1 Å². The molecule has 1 aliphatic rings. The summed E-state index contributed by atoms with van der Waals surface area (Å²) in [5, 5.41) is 0. The summed E-state index contributed by atoms with van der Waals surface area (Å²) in [6.07, 6.45) is 0.497. The van der Waals surface area contributed by atoms with Gasteiger partial charge in [-0.05, 0) is 31.5 Å². The second-order valence-electron chi connectivity index (χ2n) is 7.01. The number of ether oxygens (including phenoxy) is 2. The van der Waals surface area contributed by atoms with E-state index >= 15 is 0 Å². The molecular weight excluding hydrogens is 372 g/mol.